The van der Waals surface area contributed by atoms with E-state index in [2.05, 4.69) is 10.6 Å². The first-order valence-electron chi connectivity index (χ1n) is 9.23. The Morgan fingerprint density at radius 1 is 0.900 bits per heavy atom. The lowest BCUT2D eigenvalue weighted by Crippen LogP contribution is -2.30. The summed E-state index contributed by atoms with van der Waals surface area (Å²) in [4.78, 5) is 25.0. The predicted octanol–water partition coefficient (Wildman–Crippen LogP) is 5.96. The van der Waals surface area contributed by atoms with Crippen LogP contribution in [0, 0.1) is 6.92 Å². The Bertz CT molecular complexity index is 1090. The molecule has 5 nitrogen and oxygen atoms in total. The van der Waals surface area contributed by atoms with Crippen LogP contribution in [0.4, 0.5) is 11.4 Å². The van der Waals surface area contributed by atoms with Gasteiger partial charge in [-0.1, -0.05) is 47.5 Å². The highest BCUT2D eigenvalue weighted by atomic mass is 35.5. The molecular weight excluding hydrogens is 423 g/mol. The van der Waals surface area contributed by atoms with Crippen LogP contribution in [0.15, 0.2) is 66.7 Å². The summed E-state index contributed by atoms with van der Waals surface area (Å²) in [5, 5.41) is 6.42. The lowest BCUT2D eigenvalue weighted by Gasteiger charge is -2.16. The summed E-state index contributed by atoms with van der Waals surface area (Å²) in [6.45, 7) is 3.49. The van der Waals surface area contributed by atoms with Gasteiger partial charge in [0.2, 0.25) is 0 Å². The average Bonchev–Trinajstić information content (AvgIpc) is 2.70. The van der Waals surface area contributed by atoms with Crippen molar-refractivity contribution in [2.24, 2.45) is 0 Å². The Labute approximate surface area is 185 Å². The van der Waals surface area contributed by atoms with Crippen molar-refractivity contribution in [3.63, 3.8) is 0 Å². The zero-order valence-corrected chi connectivity index (χ0v) is 17.9. The number of amides is 2. The molecule has 0 aliphatic heterocycles. The number of halogens is 2. The number of aryl methyl sites for hydroxylation is 1. The Morgan fingerprint density at radius 2 is 1.60 bits per heavy atom. The number of nitrogens with one attached hydrogen (secondary N) is 2. The first-order valence-corrected chi connectivity index (χ1v) is 9.98. The third kappa shape index (κ3) is 5.53. The van der Waals surface area contributed by atoms with Gasteiger partial charge in [0.1, 0.15) is 5.75 Å². The Balaban J connectivity index is 1.65. The SMILES string of the molecule is Cc1ccccc1C(=O)Nc1cccc(NC(=O)C(C)Oc2ccc(Cl)cc2Cl)c1. The monoisotopic (exact) mass is 442 g/mol. The molecule has 0 aliphatic rings. The molecule has 1 unspecified atom stereocenters. The third-order valence-corrected chi connectivity index (χ3v) is 4.88. The number of carbonyl (C=O) groups excluding carboxylic acids is 2. The lowest BCUT2D eigenvalue weighted by atomic mass is 10.1. The molecule has 3 rings (SSSR count). The first-order chi connectivity index (χ1) is 14.3. The van der Waals surface area contributed by atoms with E-state index in [1.54, 1.807) is 55.5 Å². The number of rotatable bonds is 6. The van der Waals surface area contributed by atoms with Crippen LogP contribution in [-0.4, -0.2) is 17.9 Å². The maximum Gasteiger partial charge on any atom is 0.265 e. The zero-order valence-electron chi connectivity index (χ0n) is 16.4. The van der Waals surface area contributed by atoms with E-state index in [1.165, 1.54) is 0 Å². The highest BCUT2D eigenvalue weighted by Gasteiger charge is 2.17. The van der Waals surface area contributed by atoms with Crippen LogP contribution in [0.1, 0.15) is 22.8 Å². The van der Waals surface area contributed by atoms with Crippen LogP contribution >= 0.6 is 23.2 Å². The smallest absolute Gasteiger partial charge is 0.265 e. The number of hydrogen-bond donors (Lipinski definition) is 2. The van der Waals surface area contributed by atoms with Crippen molar-refractivity contribution in [3.8, 4) is 5.75 Å². The van der Waals surface area contributed by atoms with Gasteiger partial charge < -0.3 is 15.4 Å². The molecular formula is C23H20Cl2N2O3. The predicted molar refractivity (Wildman–Crippen MR) is 121 cm³/mol. The second-order valence-electron chi connectivity index (χ2n) is 6.67. The maximum atomic E-state index is 12.5. The second kappa shape index (κ2) is 9.65. The highest BCUT2D eigenvalue weighted by molar-refractivity contribution is 6.35. The molecule has 2 N–H and O–H groups in total. The number of hydrogen-bond acceptors (Lipinski definition) is 3. The van der Waals surface area contributed by atoms with E-state index in [9.17, 15) is 9.59 Å². The Kier molecular flexibility index (Phi) is 6.98. The summed E-state index contributed by atoms with van der Waals surface area (Å²) in [5.74, 6) is -0.211. The molecule has 30 heavy (non-hydrogen) atoms. The lowest BCUT2D eigenvalue weighted by molar-refractivity contribution is -0.122. The summed E-state index contributed by atoms with van der Waals surface area (Å²) in [5.41, 5.74) is 2.57. The maximum absolute atomic E-state index is 12.5. The minimum atomic E-state index is -0.797. The van der Waals surface area contributed by atoms with Crippen LogP contribution in [0.5, 0.6) is 5.75 Å². The van der Waals surface area contributed by atoms with Crippen LogP contribution < -0.4 is 15.4 Å². The van der Waals surface area contributed by atoms with Crippen molar-refractivity contribution in [3.05, 3.63) is 87.9 Å². The molecule has 0 fully saturated rings. The molecule has 154 valence electrons. The largest absolute Gasteiger partial charge is 0.479 e. The molecule has 3 aromatic rings. The molecule has 7 heteroatoms. The molecule has 0 saturated heterocycles. The molecule has 2 amide bonds. The van der Waals surface area contributed by atoms with Gasteiger partial charge in [-0.15, -0.1) is 0 Å². The van der Waals surface area contributed by atoms with Gasteiger partial charge in [-0.3, -0.25) is 9.59 Å². The van der Waals surface area contributed by atoms with Crippen molar-refractivity contribution in [2.45, 2.75) is 20.0 Å². The van der Waals surface area contributed by atoms with E-state index in [-0.39, 0.29) is 11.8 Å². The van der Waals surface area contributed by atoms with E-state index < -0.39 is 6.10 Å². The molecule has 0 aliphatic carbocycles. The Hall–Kier alpha value is -3.02. The van der Waals surface area contributed by atoms with Gasteiger partial charge >= 0.3 is 0 Å². The van der Waals surface area contributed by atoms with E-state index >= 15 is 0 Å². The highest BCUT2D eigenvalue weighted by Crippen LogP contribution is 2.28. The van der Waals surface area contributed by atoms with Crippen LogP contribution in [0.2, 0.25) is 10.0 Å². The van der Waals surface area contributed by atoms with Crippen LogP contribution in [-0.2, 0) is 4.79 Å². The van der Waals surface area contributed by atoms with Gasteiger partial charge in [-0.25, -0.2) is 0 Å². The van der Waals surface area contributed by atoms with E-state index in [0.29, 0.717) is 32.7 Å². The van der Waals surface area contributed by atoms with Crippen molar-refractivity contribution in [1.82, 2.24) is 0 Å². The molecule has 0 spiro atoms. The topological polar surface area (TPSA) is 67.4 Å². The number of anilines is 2. The minimum Gasteiger partial charge on any atom is -0.479 e. The minimum absolute atomic E-state index is 0.217. The molecule has 0 bridgehead atoms. The Morgan fingerprint density at radius 3 is 2.30 bits per heavy atom. The fraction of sp³-hybridized carbons (Fsp3) is 0.130. The fourth-order valence-electron chi connectivity index (χ4n) is 2.76. The molecule has 0 aromatic heterocycles. The molecule has 0 saturated carbocycles. The van der Waals surface area contributed by atoms with Crippen molar-refractivity contribution < 1.29 is 14.3 Å². The summed E-state index contributed by atoms with van der Waals surface area (Å²) in [7, 11) is 0. The fourth-order valence-corrected chi connectivity index (χ4v) is 3.21. The summed E-state index contributed by atoms with van der Waals surface area (Å²) in [6, 6.07) is 19.0. The van der Waals surface area contributed by atoms with Gasteiger partial charge in [0.05, 0.1) is 5.02 Å². The molecule has 1 atom stereocenters. The molecule has 0 radical (unpaired) electrons. The standard InChI is InChI=1S/C23H20Cl2N2O3/c1-14-6-3-4-9-19(14)23(29)27-18-8-5-7-17(13-18)26-22(28)15(2)30-21-11-10-16(24)12-20(21)25/h3-13,15H,1-2H3,(H,26,28)(H,27,29). The van der Waals surface area contributed by atoms with Crippen molar-refractivity contribution in [2.75, 3.05) is 10.6 Å². The summed E-state index contributed by atoms with van der Waals surface area (Å²) in [6.07, 6.45) is -0.797. The van der Waals surface area contributed by atoms with Gasteiger partial charge in [0.25, 0.3) is 11.8 Å². The summed E-state index contributed by atoms with van der Waals surface area (Å²) < 4.78 is 5.63. The van der Waals surface area contributed by atoms with E-state index in [0.717, 1.165) is 5.56 Å². The average molecular weight is 443 g/mol. The van der Waals surface area contributed by atoms with Gasteiger partial charge in [-0.05, 0) is 61.9 Å². The van der Waals surface area contributed by atoms with Gasteiger partial charge in [0.15, 0.2) is 6.10 Å². The summed E-state index contributed by atoms with van der Waals surface area (Å²) >= 11 is 12.0. The number of carbonyl (C=O) groups is 2. The third-order valence-electron chi connectivity index (χ3n) is 4.34. The van der Waals surface area contributed by atoms with Crippen LogP contribution in [0.25, 0.3) is 0 Å². The quantitative estimate of drug-likeness (QED) is 0.494. The van der Waals surface area contributed by atoms with E-state index in [4.69, 9.17) is 27.9 Å². The first kappa shape index (κ1) is 21.7. The molecule has 0 heterocycles. The normalized spacial score (nSPS) is 11.5. The van der Waals surface area contributed by atoms with E-state index in [1.807, 2.05) is 25.1 Å². The van der Waals surface area contributed by atoms with Crippen molar-refractivity contribution >= 4 is 46.4 Å². The number of ether oxygens (including phenoxy) is 1. The van der Waals surface area contributed by atoms with Gasteiger partial charge in [0, 0.05) is 22.0 Å². The zero-order chi connectivity index (χ0) is 21.7. The van der Waals surface area contributed by atoms with Crippen molar-refractivity contribution in [1.29, 1.82) is 0 Å². The molecule has 3 aromatic carbocycles. The van der Waals surface area contributed by atoms with Gasteiger partial charge in [-0.2, -0.15) is 0 Å². The second-order valence-corrected chi connectivity index (χ2v) is 7.52. The van der Waals surface area contributed by atoms with Crippen LogP contribution in [0.3, 0.4) is 0 Å². The number of benzene rings is 3.